The van der Waals surface area contributed by atoms with Gasteiger partial charge < -0.3 is 4.74 Å². The molecule has 0 aromatic heterocycles. The maximum Gasteiger partial charge on any atom is 0.286 e. The van der Waals surface area contributed by atoms with Crippen LogP contribution in [0, 0.1) is 5.92 Å². The van der Waals surface area contributed by atoms with Gasteiger partial charge in [0.2, 0.25) is 5.91 Å². The SMILES string of the molecule is CC1C(=O)c2ccccc2N=C1COc1ccc(CC2SC(=O)NC2=O)cc1. The van der Waals surface area contributed by atoms with Crippen LogP contribution in [0.15, 0.2) is 53.5 Å². The summed E-state index contributed by atoms with van der Waals surface area (Å²) < 4.78 is 5.82. The minimum Gasteiger partial charge on any atom is -0.488 e. The molecule has 2 aliphatic rings. The summed E-state index contributed by atoms with van der Waals surface area (Å²) in [7, 11) is 0. The maximum absolute atomic E-state index is 12.5. The number of benzene rings is 2. The van der Waals surface area contributed by atoms with Gasteiger partial charge in [-0.3, -0.25) is 24.7 Å². The lowest BCUT2D eigenvalue weighted by Crippen LogP contribution is -2.29. The van der Waals surface area contributed by atoms with Crippen molar-refractivity contribution in [3.05, 3.63) is 59.7 Å². The van der Waals surface area contributed by atoms with E-state index < -0.39 is 0 Å². The van der Waals surface area contributed by atoms with Gasteiger partial charge in [0, 0.05) is 5.56 Å². The highest BCUT2D eigenvalue weighted by Gasteiger charge is 2.31. The van der Waals surface area contributed by atoms with E-state index >= 15 is 0 Å². The molecule has 2 amide bonds. The van der Waals surface area contributed by atoms with Crippen LogP contribution in [0.3, 0.4) is 0 Å². The minimum atomic E-state index is -0.386. The molecule has 0 aliphatic carbocycles. The number of nitrogens with one attached hydrogen (secondary N) is 1. The topological polar surface area (TPSA) is 84.8 Å². The molecule has 1 N–H and O–H groups in total. The first-order valence-corrected chi connectivity index (χ1v) is 9.83. The molecular formula is C21H18N2O4S. The van der Waals surface area contributed by atoms with E-state index in [1.54, 1.807) is 6.07 Å². The second-order valence-corrected chi connectivity index (χ2v) is 7.90. The van der Waals surface area contributed by atoms with Crippen molar-refractivity contribution in [1.29, 1.82) is 0 Å². The van der Waals surface area contributed by atoms with E-state index in [0.717, 1.165) is 17.3 Å². The van der Waals surface area contributed by atoms with E-state index in [1.165, 1.54) is 0 Å². The number of ketones is 1. The van der Waals surface area contributed by atoms with Crippen molar-refractivity contribution in [3.8, 4) is 5.75 Å². The van der Waals surface area contributed by atoms with Gasteiger partial charge in [-0.25, -0.2) is 0 Å². The largest absolute Gasteiger partial charge is 0.488 e. The lowest BCUT2D eigenvalue weighted by molar-refractivity contribution is -0.118. The third kappa shape index (κ3) is 3.71. The second kappa shape index (κ2) is 7.59. The number of fused-ring (bicyclic) bond motifs is 1. The molecule has 7 heteroatoms. The smallest absolute Gasteiger partial charge is 0.286 e. The van der Waals surface area contributed by atoms with Crippen LogP contribution in [-0.4, -0.2) is 34.5 Å². The van der Waals surface area contributed by atoms with Crippen molar-refractivity contribution in [2.75, 3.05) is 6.61 Å². The fourth-order valence-corrected chi connectivity index (χ4v) is 4.05. The third-order valence-corrected chi connectivity index (χ3v) is 5.81. The van der Waals surface area contributed by atoms with Crippen LogP contribution in [0.5, 0.6) is 5.75 Å². The van der Waals surface area contributed by atoms with Crippen molar-refractivity contribution < 1.29 is 19.1 Å². The van der Waals surface area contributed by atoms with Crippen molar-refractivity contribution in [3.63, 3.8) is 0 Å². The zero-order chi connectivity index (χ0) is 19.7. The predicted octanol–water partition coefficient (Wildman–Crippen LogP) is 3.56. The lowest BCUT2D eigenvalue weighted by Gasteiger charge is -2.21. The fraction of sp³-hybridized carbons (Fsp3) is 0.238. The average Bonchev–Trinajstić information content (AvgIpc) is 3.01. The number of aliphatic imine (C=N–C) groups is 1. The Kier molecular flexibility index (Phi) is 5.00. The summed E-state index contributed by atoms with van der Waals surface area (Å²) in [6.45, 7) is 2.07. The number of nitrogens with zero attached hydrogens (tertiary/aromatic N) is 1. The molecule has 28 heavy (non-hydrogen) atoms. The number of thioether (sulfide) groups is 1. The van der Waals surface area contributed by atoms with Crippen molar-refractivity contribution in [2.45, 2.75) is 18.6 Å². The van der Waals surface area contributed by atoms with Gasteiger partial charge in [-0.05, 0) is 43.2 Å². The van der Waals surface area contributed by atoms with Crippen LogP contribution >= 0.6 is 11.8 Å². The van der Waals surface area contributed by atoms with Gasteiger partial charge in [0.15, 0.2) is 5.78 Å². The second-order valence-electron chi connectivity index (χ2n) is 6.73. The molecule has 1 saturated heterocycles. The van der Waals surface area contributed by atoms with E-state index in [1.807, 2.05) is 49.4 Å². The molecule has 2 aliphatic heterocycles. The highest BCUT2D eigenvalue weighted by atomic mass is 32.2. The molecular weight excluding hydrogens is 376 g/mol. The molecule has 6 nitrogen and oxygen atoms in total. The Morgan fingerprint density at radius 3 is 2.54 bits per heavy atom. The molecule has 1 fully saturated rings. The standard InChI is InChI=1S/C21H18N2O4S/c1-12-17(22-16-5-3-2-4-15(16)19(12)24)11-27-14-8-6-13(7-9-14)10-18-20(25)23-21(26)28-18/h2-9,12,18H,10-11H2,1H3,(H,23,25,26). The highest BCUT2D eigenvalue weighted by Crippen LogP contribution is 2.29. The summed E-state index contributed by atoms with van der Waals surface area (Å²) in [5.74, 6) is 0.153. The van der Waals surface area contributed by atoms with Gasteiger partial charge in [0.25, 0.3) is 5.24 Å². The highest BCUT2D eigenvalue weighted by molar-refractivity contribution is 8.15. The van der Waals surface area contributed by atoms with Crippen LogP contribution < -0.4 is 10.1 Å². The maximum atomic E-state index is 12.5. The number of ether oxygens (including phenoxy) is 1. The number of para-hydroxylation sites is 1. The number of imide groups is 1. The Balaban J connectivity index is 1.40. The van der Waals surface area contributed by atoms with E-state index in [2.05, 4.69) is 10.3 Å². The summed E-state index contributed by atoms with van der Waals surface area (Å²) in [6.07, 6.45) is 0.484. The van der Waals surface area contributed by atoms with Crippen LogP contribution in [0.2, 0.25) is 0 Å². The number of carbonyl (C=O) groups is 3. The molecule has 2 atom stereocenters. The number of hydrogen-bond acceptors (Lipinski definition) is 6. The van der Waals surface area contributed by atoms with Crippen LogP contribution in [0.25, 0.3) is 0 Å². The van der Waals surface area contributed by atoms with Gasteiger partial charge in [0.1, 0.15) is 12.4 Å². The molecule has 0 radical (unpaired) electrons. The fourth-order valence-electron chi connectivity index (χ4n) is 3.19. The first-order chi connectivity index (χ1) is 13.5. The molecule has 142 valence electrons. The molecule has 0 bridgehead atoms. The number of rotatable bonds is 5. The van der Waals surface area contributed by atoms with E-state index in [-0.39, 0.29) is 34.7 Å². The first kappa shape index (κ1) is 18.4. The Labute approximate surface area is 166 Å². The minimum absolute atomic E-state index is 0.0569. The van der Waals surface area contributed by atoms with Gasteiger partial charge in [0.05, 0.1) is 22.6 Å². The first-order valence-electron chi connectivity index (χ1n) is 8.95. The molecule has 0 saturated carbocycles. The Morgan fingerprint density at radius 1 is 1.07 bits per heavy atom. The lowest BCUT2D eigenvalue weighted by atomic mass is 9.91. The number of amides is 2. The number of carbonyl (C=O) groups excluding carboxylic acids is 3. The van der Waals surface area contributed by atoms with Gasteiger partial charge in [-0.2, -0.15) is 0 Å². The van der Waals surface area contributed by atoms with Crippen molar-refractivity contribution in [2.24, 2.45) is 10.9 Å². The number of hydrogen-bond donors (Lipinski definition) is 1. The quantitative estimate of drug-likeness (QED) is 0.838. The van der Waals surface area contributed by atoms with Gasteiger partial charge in [-0.1, -0.05) is 36.0 Å². The van der Waals surface area contributed by atoms with Gasteiger partial charge >= 0.3 is 0 Å². The van der Waals surface area contributed by atoms with Crippen LogP contribution in [-0.2, 0) is 11.2 Å². The van der Waals surface area contributed by atoms with Crippen LogP contribution in [0.1, 0.15) is 22.8 Å². The molecule has 2 heterocycles. The van der Waals surface area contributed by atoms with Crippen molar-refractivity contribution in [1.82, 2.24) is 5.32 Å². The van der Waals surface area contributed by atoms with E-state index in [4.69, 9.17) is 4.74 Å². The summed E-state index contributed by atoms with van der Waals surface area (Å²) >= 11 is 1.02. The zero-order valence-corrected chi connectivity index (χ0v) is 16.0. The Bertz CT molecular complexity index is 984. The molecule has 4 rings (SSSR count). The summed E-state index contributed by atoms with van der Waals surface area (Å²) in [6, 6.07) is 14.7. The Hall–Kier alpha value is -2.93. The van der Waals surface area contributed by atoms with Crippen molar-refractivity contribution >= 4 is 40.1 Å². The molecule has 0 spiro atoms. The normalized spacial score (nSPS) is 21.2. The number of Topliss-reactive ketones (excluding diaryl/α,β-unsaturated/α-hetero) is 1. The predicted molar refractivity (Wildman–Crippen MR) is 108 cm³/mol. The summed E-state index contributed by atoms with van der Waals surface area (Å²) in [5, 5.41) is 1.61. The summed E-state index contributed by atoms with van der Waals surface area (Å²) in [5.41, 5.74) is 2.98. The van der Waals surface area contributed by atoms with E-state index in [0.29, 0.717) is 29.1 Å². The molecule has 2 aromatic rings. The Morgan fingerprint density at radius 2 is 1.82 bits per heavy atom. The van der Waals surface area contributed by atoms with E-state index in [9.17, 15) is 14.4 Å². The summed E-state index contributed by atoms with van der Waals surface area (Å²) in [4.78, 5) is 40.0. The molecule has 2 aromatic carbocycles. The average molecular weight is 394 g/mol. The van der Waals surface area contributed by atoms with Gasteiger partial charge in [-0.15, -0.1) is 0 Å². The molecule has 2 unspecified atom stereocenters. The van der Waals surface area contributed by atoms with Crippen LogP contribution in [0.4, 0.5) is 10.5 Å². The third-order valence-electron chi connectivity index (χ3n) is 4.82. The zero-order valence-electron chi connectivity index (χ0n) is 15.2. The monoisotopic (exact) mass is 394 g/mol.